The van der Waals surface area contributed by atoms with E-state index in [0.29, 0.717) is 25.6 Å². The minimum atomic E-state index is -1.95. The molecule has 13 heteroatoms. The molecule has 11 nitrogen and oxygen atoms in total. The van der Waals surface area contributed by atoms with Gasteiger partial charge in [0.1, 0.15) is 17.8 Å². The Hall–Kier alpha value is -3.13. The summed E-state index contributed by atoms with van der Waals surface area (Å²) in [5.41, 5.74) is 1.74. The minimum absolute atomic E-state index is 0.0524. The Balaban J connectivity index is 1.25. The van der Waals surface area contributed by atoms with Crippen molar-refractivity contribution in [2.45, 2.75) is 103 Å². The van der Waals surface area contributed by atoms with E-state index >= 15 is 0 Å². The second-order valence-electron chi connectivity index (χ2n) is 13.5. The number of rotatable bonds is 13. The van der Waals surface area contributed by atoms with E-state index in [1.54, 1.807) is 37.6 Å². The van der Waals surface area contributed by atoms with Gasteiger partial charge in [0.05, 0.1) is 42.0 Å². The van der Waals surface area contributed by atoms with Gasteiger partial charge in [0.25, 0.3) is 5.91 Å². The molecule has 2 saturated heterocycles. The fourth-order valence-corrected chi connectivity index (χ4v) is 6.54. The molecular weight excluding hydrogens is 615 g/mol. The van der Waals surface area contributed by atoms with E-state index in [9.17, 15) is 23.9 Å². The van der Waals surface area contributed by atoms with Crippen molar-refractivity contribution in [3.63, 3.8) is 0 Å². The molecule has 3 amide bonds. The second kappa shape index (κ2) is 14.3. The highest BCUT2D eigenvalue weighted by molar-refractivity contribution is 7.13. The number of benzene rings is 1. The first kappa shape index (κ1) is 34.2. The second-order valence-corrected chi connectivity index (χ2v) is 14.3. The Morgan fingerprint density at radius 2 is 1.96 bits per heavy atom. The van der Waals surface area contributed by atoms with Crippen molar-refractivity contribution in [3.05, 3.63) is 35.0 Å². The largest absolute Gasteiger partial charge is 0.493 e. The Kier molecular flexibility index (Phi) is 10.7. The Morgan fingerprint density at radius 1 is 1.22 bits per heavy atom. The van der Waals surface area contributed by atoms with Crippen LogP contribution in [0.15, 0.2) is 23.7 Å². The number of β-amino-alcohol motifs (C(OH)–C–C–N with tert-alkyl or cyclic N) is 1. The van der Waals surface area contributed by atoms with Gasteiger partial charge in [-0.15, -0.1) is 11.3 Å². The number of alkyl halides is 1. The lowest BCUT2D eigenvalue weighted by atomic mass is 9.85. The molecule has 252 valence electrons. The fourth-order valence-electron chi connectivity index (χ4n) is 5.74. The molecule has 0 spiro atoms. The summed E-state index contributed by atoms with van der Waals surface area (Å²) < 4.78 is 31.7. The molecule has 1 aromatic heterocycles. The smallest absolute Gasteiger partial charge is 0.258 e. The SMILES string of the molecule is Cc1ncsc1-c1ccc(CNC(=O)[C@@H]2C[C@@H](O)CN2C(=O)[C@@H](NC(=O)C2(F)CC2)C(C)(C)C)c(OCCCCC2OCCO2)c1. The van der Waals surface area contributed by atoms with Crippen molar-refractivity contribution in [3.8, 4) is 16.2 Å². The molecule has 3 atom stereocenters. The third-order valence-corrected chi connectivity index (χ3v) is 9.64. The molecule has 3 fully saturated rings. The van der Waals surface area contributed by atoms with Gasteiger partial charge in [0, 0.05) is 25.1 Å². The van der Waals surface area contributed by atoms with Crippen LogP contribution in [0.2, 0.25) is 0 Å². The molecule has 0 unspecified atom stereocenters. The highest BCUT2D eigenvalue weighted by atomic mass is 32.1. The maximum atomic E-state index is 14.5. The lowest BCUT2D eigenvalue weighted by Crippen LogP contribution is -2.59. The zero-order valence-electron chi connectivity index (χ0n) is 27.0. The van der Waals surface area contributed by atoms with E-state index in [0.717, 1.165) is 41.0 Å². The lowest BCUT2D eigenvalue weighted by molar-refractivity contribution is -0.145. The number of carbonyl (C=O) groups excluding carboxylic acids is 3. The van der Waals surface area contributed by atoms with Crippen LogP contribution in [-0.4, -0.2) is 89.2 Å². The predicted molar refractivity (Wildman–Crippen MR) is 170 cm³/mol. The van der Waals surface area contributed by atoms with Gasteiger partial charge in [-0.2, -0.15) is 0 Å². The van der Waals surface area contributed by atoms with Crippen molar-refractivity contribution in [1.29, 1.82) is 0 Å². The molecule has 3 aliphatic rings. The number of aryl methyl sites for hydroxylation is 1. The number of halogens is 1. The topological polar surface area (TPSA) is 139 Å². The van der Waals surface area contributed by atoms with Crippen LogP contribution in [0.1, 0.15) is 70.6 Å². The number of amides is 3. The van der Waals surface area contributed by atoms with Gasteiger partial charge in [-0.05, 0) is 56.1 Å². The first-order valence-corrected chi connectivity index (χ1v) is 16.9. The molecule has 2 aromatic rings. The monoisotopic (exact) mass is 660 g/mol. The van der Waals surface area contributed by atoms with Crippen molar-refractivity contribution >= 4 is 29.1 Å². The summed E-state index contributed by atoms with van der Waals surface area (Å²) in [6, 6.07) is 3.81. The zero-order chi connectivity index (χ0) is 33.1. The Bertz CT molecular complexity index is 1400. The number of carbonyl (C=O) groups is 3. The molecule has 0 radical (unpaired) electrons. The van der Waals surface area contributed by atoms with Crippen LogP contribution in [0.3, 0.4) is 0 Å². The molecule has 1 saturated carbocycles. The van der Waals surface area contributed by atoms with Gasteiger partial charge in [0.2, 0.25) is 11.8 Å². The summed E-state index contributed by atoms with van der Waals surface area (Å²) in [5.74, 6) is -1.14. The summed E-state index contributed by atoms with van der Waals surface area (Å²) in [6.07, 6.45) is 1.70. The number of unbranched alkanes of at least 4 members (excludes halogenated alkanes) is 1. The normalized spacial score (nSPS) is 21.7. The van der Waals surface area contributed by atoms with Crippen LogP contribution in [0.25, 0.3) is 10.4 Å². The van der Waals surface area contributed by atoms with E-state index in [2.05, 4.69) is 15.6 Å². The van der Waals surface area contributed by atoms with Gasteiger partial charge in [-0.25, -0.2) is 9.37 Å². The molecule has 3 heterocycles. The number of hydrogen-bond donors (Lipinski definition) is 3. The van der Waals surface area contributed by atoms with E-state index in [1.807, 2.05) is 25.1 Å². The summed E-state index contributed by atoms with van der Waals surface area (Å²) >= 11 is 1.54. The fraction of sp³-hybridized carbons (Fsp3) is 0.636. The molecule has 0 bridgehead atoms. The van der Waals surface area contributed by atoms with Crippen LogP contribution in [0, 0.1) is 12.3 Å². The van der Waals surface area contributed by atoms with Gasteiger partial charge in [-0.1, -0.05) is 32.9 Å². The van der Waals surface area contributed by atoms with Gasteiger partial charge in [0.15, 0.2) is 12.0 Å². The highest BCUT2D eigenvalue weighted by Crippen LogP contribution is 2.40. The number of aliphatic hydroxyl groups excluding tert-OH is 1. The number of likely N-dealkylation sites (tertiary alicyclic amines) is 1. The molecular formula is C33H45FN4O7S. The number of aromatic nitrogens is 1. The highest BCUT2D eigenvalue weighted by Gasteiger charge is 2.53. The lowest BCUT2D eigenvalue weighted by Gasteiger charge is -2.35. The van der Waals surface area contributed by atoms with Crippen molar-refractivity contribution in [2.75, 3.05) is 26.4 Å². The number of thiazole rings is 1. The summed E-state index contributed by atoms with van der Waals surface area (Å²) in [4.78, 5) is 46.5. The van der Waals surface area contributed by atoms with Crippen LogP contribution in [-0.2, 0) is 30.4 Å². The van der Waals surface area contributed by atoms with E-state index in [4.69, 9.17) is 14.2 Å². The van der Waals surface area contributed by atoms with Crippen molar-refractivity contribution in [2.24, 2.45) is 5.41 Å². The van der Waals surface area contributed by atoms with Gasteiger partial charge >= 0.3 is 0 Å². The first-order chi connectivity index (χ1) is 21.9. The standard InChI is InChI=1S/C33H45FN4O7S/c1-20-27(46-19-36-20)21-8-9-22(25(15-21)43-12-6-5-7-26-44-13-14-45-26)17-35-29(40)24-16-23(39)18-38(24)30(41)28(32(2,3)4)37-31(42)33(34)10-11-33/h8-9,15,19,23-24,26,28,39H,5-7,10-14,16-18H2,1-4H3,(H,35,40)(H,37,42)/t23-,24+,28-/m1/s1. The maximum absolute atomic E-state index is 14.5. The van der Waals surface area contributed by atoms with Gasteiger partial charge < -0.3 is 34.9 Å². The zero-order valence-corrected chi connectivity index (χ0v) is 27.8. The number of hydrogen-bond acceptors (Lipinski definition) is 9. The van der Waals surface area contributed by atoms with Crippen LogP contribution >= 0.6 is 11.3 Å². The first-order valence-electron chi connectivity index (χ1n) is 16.0. The third kappa shape index (κ3) is 8.23. The third-order valence-electron chi connectivity index (χ3n) is 8.66. The predicted octanol–water partition coefficient (Wildman–Crippen LogP) is 3.65. The average molecular weight is 661 g/mol. The number of ether oxygens (including phenoxy) is 3. The molecule has 46 heavy (non-hydrogen) atoms. The molecule has 2 aliphatic heterocycles. The maximum Gasteiger partial charge on any atom is 0.258 e. The van der Waals surface area contributed by atoms with Crippen LogP contribution in [0.4, 0.5) is 4.39 Å². The Morgan fingerprint density at radius 3 is 2.61 bits per heavy atom. The molecule has 3 N–H and O–H groups in total. The quantitative estimate of drug-likeness (QED) is 0.277. The Labute approximate surface area is 273 Å². The minimum Gasteiger partial charge on any atom is -0.493 e. The van der Waals surface area contributed by atoms with Gasteiger partial charge in [-0.3, -0.25) is 14.4 Å². The van der Waals surface area contributed by atoms with Crippen LogP contribution in [0.5, 0.6) is 5.75 Å². The van der Waals surface area contributed by atoms with E-state index in [1.165, 1.54) is 4.90 Å². The molecule has 1 aromatic carbocycles. The van der Waals surface area contributed by atoms with Crippen molar-refractivity contribution in [1.82, 2.24) is 20.5 Å². The number of nitrogens with one attached hydrogen (secondary N) is 2. The van der Waals surface area contributed by atoms with Crippen molar-refractivity contribution < 1.29 is 38.1 Å². The van der Waals surface area contributed by atoms with Crippen LogP contribution < -0.4 is 15.4 Å². The summed E-state index contributed by atoms with van der Waals surface area (Å²) in [5, 5.41) is 16.0. The van der Waals surface area contributed by atoms with E-state index < -0.39 is 47.0 Å². The van der Waals surface area contributed by atoms with E-state index in [-0.39, 0.29) is 38.6 Å². The average Bonchev–Trinajstić information content (AvgIpc) is 3.37. The number of nitrogens with zero attached hydrogens (tertiary/aromatic N) is 2. The molecule has 5 rings (SSSR count). The molecule has 1 aliphatic carbocycles. The summed E-state index contributed by atoms with van der Waals surface area (Å²) in [6.45, 7) is 9.05. The summed E-state index contributed by atoms with van der Waals surface area (Å²) in [7, 11) is 0. The number of aliphatic hydroxyl groups is 1.